The number of carbonyl (C=O) groups excluding carboxylic acids is 2. The molecule has 4 nitrogen and oxygen atoms in total. The van der Waals surface area contributed by atoms with E-state index in [9.17, 15) is 9.59 Å². The predicted molar refractivity (Wildman–Crippen MR) is 136 cm³/mol. The van der Waals surface area contributed by atoms with Gasteiger partial charge in [-0.15, -0.1) is 11.6 Å². The average molecular weight is 487 g/mol. The van der Waals surface area contributed by atoms with E-state index in [0.717, 1.165) is 12.8 Å². The third-order valence-electron chi connectivity index (χ3n) is 5.54. The van der Waals surface area contributed by atoms with E-state index in [1.807, 2.05) is 0 Å². The van der Waals surface area contributed by atoms with Gasteiger partial charge in [-0.25, -0.2) is 0 Å². The molecule has 1 atom stereocenters. The van der Waals surface area contributed by atoms with Crippen LogP contribution in [0.15, 0.2) is 18.2 Å². The van der Waals surface area contributed by atoms with Gasteiger partial charge in [-0.05, 0) is 31.5 Å². The molecule has 1 N–H and O–H groups in total. The van der Waals surface area contributed by atoms with Gasteiger partial charge in [0.1, 0.15) is 5.75 Å². The molecule has 1 aromatic rings. The Morgan fingerprint density at radius 1 is 0.875 bits per heavy atom. The first-order valence-electron chi connectivity index (χ1n) is 12.3. The molecule has 0 bridgehead atoms. The minimum atomic E-state index is -1.23. The lowest BCUT2D eigenvalue weighted by atomic mass is 10.0. The molecule has 1 aromatic carbocycles. The number of alkyl halides is 1. The number of ketones is 1. The molecular weight excluding hydrogens is 445 g/mol. The van der Waals surface area contributed by atoms with Crippen molar-refractivity contribution in [1.29, 1.82) is 0 Å². The number of hydrogen-bond acceptors (Lipinski definition) is 3. The Morgan fingerprint density at radius 3 is 1.88 bits per heavy atom. The van der Waals surface area contributed by atoms with Crippen LogP contribution in [0.4, 0.5) is 5.69 Å². The van der Waals surface area contributed by atoms with Crippen molar-refractivity contribution in [1.82, 2.24) is 0 Å². The first-order valence-corrected chi connectivity index (χ1v) is 13.1. The molecule has 182 valence electrons. The zero-order valence-electron chi connectivity index (χ0n) is 19.9. The monoisotopic (exact) mass is 485 g/mol. The summed E-state index contributed by atoms with van der Waals surface area (Å²) in [5.74, 6) is -0.455. The fraction of sp³-hybridized carbons (Fsp3) is 0.692. The number of ether oxygens (including phenoxy) is 1. The summed E-state index contributed by atoms with van der Waals surface area (Å²) in [6.45, 7) is 4.11. The van der Waals surface area contributed by atoms with Crippen molar-refractivity contribution in [2.45, 2.75) is 109 Å². The van der Waals surface area contributed by atoms with Crippen molar-refractivity contribution >= 4 is 40.6 Å². The Morgan fingerprint density at radius 2 is 1.38 bits per heavy atom. The molecular formula is C26H41Cl2NO3. The van der Waals surface area contributed by atoms with Crippen LogP contribution in [0.3, 0.4) is 0 Å². The first kappa shape index (κ1) is 28.8. The number of rotatable bonds is 19. The molecule has 0 spiro atoms. The summed E-state index contributed by atoms with van der Waals surface area (Å²) >= 11 is 11.9. The van der Waals surface area contributed by atoms with Crippen molar-refractivity contribution in [3.63, 3.8) is 0 Å². The summed E-state index contributed by atoms with van der Waals surface area (Å²) in [6, 6.07) is 5.03. The Hall–Kier alpha value is -1.26. The maximum atomic E-state index is 12.1. The third-order valence-corrected chi connectivity index (χ3v) is 6.28. The minimum Gasteiger partial charge on any atom is -0.491 e. The lowest BCUT2D eigenvalue weighted by Gasteiger charge is -2.14. The molecule has 1 unspecified atom stereocenters. The normalized spacial score (nSPS) is 11.9. The number of benzene rings is 1. The molecule has 6 heteroatoms. The Balaban J connectivity index is 2.13. The average Bonchev–Trinajstić information content (AvgIpc) is 2.77. The molecule has 0 fully saturated rings. The fourth-order valence-electron chi connectivity index (χ4n) is 3.59. The van der Waals surface area contributed by atoms with E-state index in [2.05, 4.69) is 12.2 Å². The highest BCUT2D eigenvalue weighted by atomic mass is 35.5. The molecule has 0 aliphatic carbocycles. The lowest BCUT2D eigenvalue weighted by Crippen LogP contribution is -2.29. The maximum Gasteiger partial charge on any atom is 0.250 e. The molecule has 0 saturated heterocycles. The van der Waals surface area contributed by atoms with Gasteiger partial charge >= 0.3 is 0 Å². The zero-order chi connectivity index (χ0) is 23.6. The quantitative estimate of drug-likeness (QED) is 0.121. The van der Waals surface area contributed by atoms with Crippen LogP contribution in [0.2, 0.25) is 5.02 Å². The Labute approximate surface area is 204 Å². The molecule has 0 heterocycles. The fourth-order valence-corrected chi connectivity index (χ4v) is 3.81. The summed E-state index contributed by atoms with van der Waals surface area (Å²) in [7, 11) is 0. The molecule has 0 aliphatic heterocycles. The third kappa shape index (κ3) is 13.3. The highest BCUT2D eigenvalue weighted by Crippen LogP contribution is 2.29. The molecule has 1 rings (SSSR count). The Kier molecular flexibility index (Phi) is 16.4. The highest BCUT2D eigenvalue weighted by Gasteiger charge is 2.21. The molecule has 0 aromatic heterocycles. The second-order valence-electron chi connectivity index (χ2n) is 8.55. The zero-order valence-corrected chi connectivity index (χ0v) is 21.4. The number of halogens is 2. The van der Waals surface area contributed by atoms with Crippen LogP contribution in [0, 0.1) is 0 Å². The van der Waals surface area contributed by atoms with Gasteiger partial charge in [0.15, 0.2) is 11.2 Å². The van der Waals surface area contributed by atoms with Gasteiger partial charge in [-0.1, -0.05) is 102 Å². The van der Waals surface area contributed by atoms with Crippen molar-refractivity contribution in [3.05, 3.63) is 23.2 Å². The van der Waals surface area contributed by atoms with E-state index in [4.69, 9.17) is 27.9 Å². The van der Waals surface area contributed by atoms with Gasteiger partial charge in [0.25, 0.3) is 0 Å². The van der Waals surface area contributed by atoms with Gasteiger partial charge in [-0.2, -0.15) is 0 Å². The van der Waals surface area contributed by atoms with Gasteiger partial charge in [-0.3, -0.25) is 9.59 Å². The number of nitrogens with one attached hydrogen (secondary N) is 1. The maximum absolute atomic E-state index is 12.1. The number of amides is 1. The molecule has 0 radical (unpaired) electrons. The smallest absolute Gasteiger partial charge is 0.250 e. The number of Topliss-reactive ketones (excluding diaryl/α,β-unsaturated/α-hetero) is 1. The van der Waals surface area contributed by atoms with E-state index in [1.54, 1.807) is 18.2 Å². The van der Waals surface area contributed by atoms with E-state index >= 15 is 0 Å². The van der Waals surface area contributed by atoms with Gasteiger partial charge in [0.2, 0.25) is 5.91 Å². The van der Waals surface area contributed by atoms with Crippen LogP contribution in [-0.2, 0) is 9.59 Å². The molecule has 1 amide bonds. The number of carbonyl (C=O) groups is 2. The summed E-state index contributed by atoms with van der Waals surface area (Å²) in [6.07, 6.45) is 18.3. The predicted octanol–water partition coefficient (Wildman–Crippen LogP) is 8.34. The van der Waals surface area contributed by atoms with Crippen LogP contribution >= 0.6 is 23.2 Å². The second kappa shape index (κ2) is 18.2. The number of unbranched alkanes of at least 4 members (excludes halogenated alkanes) is 13. The highest BCUT2D eigenvalue weighted by molar-refractivity contribution is 6.43. The van der Waals surface area contributed by atoms with Crippen molar-refractivity contribution in [3.8, 4) is 5.75 Å². The van der Waals surface area contributed by atoms with Crippen LogP contribution < -0.4 is 10.1 Å². The number of hydrogen-bond donors (Lipinski definition) is 1. The number of anilines is 1. The van der Waals surface area contributed by atoms with E-state index < -0.39 is 17.1 Å². The largest absolute Gasteiger partial charge is 0.491 e. The summed E-state index contributed by atoms with van der Waals surface area (Å²) < 4.78 is 5.84. The molecule has 32 heavy (non-hydrogen) atoms. The van der Waals surface area contributed by atoms with Crippen LogP contribution in [0.25, 0.3) is 0 Å². The molecule has 0 saturated carbocycles. The van der Waals surface area contributed by atoms with Crippen LogP contribution in [-0.4, -0.2) is 23.7 Å². The summed E-state index contributed by atoms with van der Waals surface area (Å²) in [5.41, 5.74) is 0.430. The van der Waals surface area contributed by atoms with Crippen LogP contribution in [0.1, 0.15) is 104 Å². The van der Waals surface area contributed by atoms with E-state index in [0.29, 0.717) is 23.1 Å². The van der Waals surface area contributed by atoms with Crippen molar-refractivity contribution in [2.75, 3.05) is 11.9 Å². The second-order valence-corrected chi connectivity index (χ2v) is 9.42. The van der Waals surface area contributed by atoms with Crippen molar-refractivity contribution in [2.24, 2.45) is 0 Å². The minimum absolute atomic E-state index is 0.406. The van der Waals surface area contributed by atoms with E-state index in [1.165, 1.54) is 84.0 Å². The van der Waals surface area contributed by atoms with Gasteiger partial charge in [0.05, 0.1) is 12.3 Å². The topological polar surface area (TPSA) is 55.4 Å². The first-order chi connectivity index (χ1) is 15.5. The standard InChI is InChI=1S/C26H41Cl2NO3/c1-3-4-5-6-7-8-9-10-11-12-13-14-15-16-19-32-24-18-17-22(27)20-23(24)29-26(31)25(28)21(2)30/h17-18,20,25H,3-16,19H2,1-2H3,(H,29,31). The van der Waals surface area contributed by atoms with Crippen molar-refractivity contribution < 1.29 is 14.3 Å². The van der Waals surface area contributed by atoms with Gasteiger partial charge in [0, 0.05) is 5.02 Å². The van der Waals surface area contributed by atoms with Gasteiger partial charge < -0.3 is 10.1 Å². The lowest BCUT2D eigenvalue weighted by molar-refractivity contribution is -0.123. The molecule has 0 aliphatic rings. The van der Waals surface area contributed by atoms with E-state index in [-0.39, 0.29) is 0 Å². The van der Waals surface area contributed by atoms with Crippen LogP contribution in [0.5, 0.6) is 5.75 Å². The Bertz CT molecular complexity index is 666. The summed E-state index contributed by atoms with van der Waals surface area (Å²) in [5, 5.41) is 1.87. The SMILES string of the molecule is CCCCCCCCCCCCCCCCOc1ccc(Cl)cc1NC(=O)C(Cl)C(C)=O. The summed E-state index contributed by atoms with van der Waals surface area (Å²) in [4.78, 5) is 23.4.